The number of hydrogen-bond donors (Lipinski definition) is 2. The molecule has 0 saturated carbocycles. The number of nitrogens with one attached hydrogen (secondary N) is 1. The highest BCUT2D eigenvalue weighted by Gasteiger charge is 2.44. The number of rotatable bonds is 7. The van der Waals surface area contributed by atoms with Gasteiger partial charge >= 0.3 is 5.97 Å². The number of benzene rings is 2. The molecule has 2 N–H and O–H groups in total. The van der Waals surface area contributed by atoms with Gasteiger partial charge in [0.05, 0.1) is 12.1 Å². The molecular weight excluding hydrogens is 411 g/mol. The summed E-state index contributed by atoms with van der Waals surface area (Å²) in [6.07, 6.45) is 0.503. The van der Waals surface area contributed by atoms with Crippen LogP contribution in [0.4, 0.5) is 0 Å². The molecule has 1 fully saturated rings. The van der Waals surface area contributed by atoms with E-state index >= 15 is 0 Å². The molecule has 3 atom stereocenters. The van der Waals surface area contributed by atoms with Gasteiger partial charge in [-0.2, -0.15) is 0 Å². The van der Waals surface area contributed by atoms with Gasteiger partial charge in [0, 0.05) is 22.5 Å². The lowest BCUT2D eigenvalue weighted by molar-refractivity contribution is -0.148. The van der Waals surface area contributed by atoms with E-state index in [4.69, 9.17) is 23.2 Å². The predicted molar refractivity (Wildman–Crippen MR) is 114 cm³/mol. The Labute approximate surface area is 180 Å². The summed E-state index contributed by atoms with van der Waals surface area (Å²) in [4.78, 5) is 26.3. The molecule has 0 bridgehead atoms. The maximum Gasteiger partial charge on any atom is 0.326 e. The summed E-state index contributed by atoms with van der Waals surface area (Å²) in [5.74, 6) is -1.17. The van der Waals surface area contributed by atoms with Crippen molar-refractivity contribution in [3.63, 3.8) is 0 Å². The Kier molecular flexibility index (Phi) is 6.83. The number of carboxylic acid groups (broad SMARTS) is 1. The minimum absolute atomic E-state index is 0.0957. The van der Waals surface area contributed by atoms with E-state index in [0.717, 1.165) is 11.1 Å². The Hall–Kier alpha value is -2.08. The van der Waals surface area contributed by atoms with Gasteiger partial charge < -0.3 is 15.3 Å². The van der Waals surface area contributed by atoms with E-state index in [9.17, 15) is 14.7 Å². The van der Waals surface area contributed by atoms with Crippen LogP contribution in [0.5, 0.6) is 0 Å². The quantitative estimate of drug-likeness (QED) is 0.653. The SMILES string of the molecule is CC(C)N[C@H](c1ccc(Cl)cc1)[C@H](c1cccc(Cl)c1)N1C(=O)CCC1C(=O)O. The van der Waals surface area contributed by atoms with Crippen molar-refractivity contribution in [2.45, 2.75) is 50.9 Å². The van der Waals surface area contributed by atoms with Crippen molar-refractivity contribution in [3.8, 4) is 0 Å². The molecule has 0 spiro atoms. The highest BCUT2D eigenvalue weighted by molar-refractivity contribution is 6.30. The van der Waals surface area contributed by atoms with Gasteiger partial charge in [-0.1, -0.05) is 61.3 Å². The average Bonchev–Trinajstić information content (AvgIpc) is 3.03. The van der Waals surface area contributed by atoms with Crippen molar-refractivity contribution in [2.24, 2.45) is 0 Å². The van der Waals surface area contributed by atoms with Crippen LogP contribution >= 0.6 is 23.2 Å². The number of carboxylic acids is 1. The van der Waals surface area contributed by atoms with Crippen LogP contribution in [0.15, 0.2) is 48.5 Å². The van der Waals surface area contributed by atoms with Gasteiger partial charge in [0.25, 0.3) is 0 Å². The molecule has 154 valence electrons. The van der Waals surface area contributed by atoms with E-state index in [1.165, 1.54) is 4.90 Å². The third kappa shape index (κ3) is 4.92. The fourth-order valence-electron chi connectivity index (χ4n) is 3.90. The zero-order valence-corrected chi connectivity index (χ0v) is 17.8. The smallest absolute Gasteiger partial charge is 0.326 e. The van der Waals surface area contributed by atoms with Crippen molar-refractivity contribution in [1.82, 2.24) is 10.2 Å². The Morgan fingerprint density at radius 3 is 2.38 bits per heavy atom. The summed E-state index contributed by atoms with van der Waals surface area (Å²) < 4.78 is 0. The Morgan fingerprint density at radius 1 is 1.10 bits per heavy atom. The van der Waals surface area contributed by atoms with Crippen LogP contribution in [0.25, 0.3) is 0 Å². The number of hydrogen-bond acceptors (Lipinski definition) is 3. The summed E-state index contributed by atoms with van der Waals surface area (Å²) in [6, 6.07) is 13.0. The zero-order valence-electron chi connectivity index (χ0n) is 16.3. The molecule has 1 heterocycles. The molecule has 29 heavy (non-hydrogen) atoms. The topological polar surface area (TPSA) is 69.6 Å². The Bertz CT molecular complexity index is 886. The van der Waals surface area contributed by atoms with Gasteiger partial charge in [0.2, 0.25) is 5.91 Å². The van der Waals surface area contributed by atoms with Crippen LogP contribution in [-0.2, 0) is 9.59 Å². The van der Waals surface area contributed by atoms with Gasteiger partial charge in [-0.3, -0.25) is 4.79 Å². The van der Waals surface area contributed by atoms with Crippen LogP contribution in [0, 0.1) is 0 Å². The van der Waals surface area contributed by atoms with Gasteiger partial charge in [0.15, 0.2) is 0 Å². The minimum Gasteiger partial charge on any atom is -0.480 e. The summed E-state index contributed by atoms with van der Waals surface area (Å²) in [5, 5.41) is 14.4. The highest BCUT2D eigenvalue weighted by atomic mass is 35.5. The molecule has 1 aliphatic heterocycles. The van der Waals surface area contributed by atoms with Crippen LogP contribution in [0.1, 0.15) is 49.9 Å². The molecule has 0 radical (unpaired) electrons. The first kappa shape index (κ1) is 21.6. The molecule has 5 nitrogen and oxygen atoms in total. The second-order valence-electron chi connectivity index (χ2n) is 7.54. The molecule has 7 heteroatoms. The van der Waals surface area contributed by atoms with Crippen molar-refractivity contribution in [3.05, 3.63) is 69.7 Å². The maximum atomic E-state index is 12.8. The van der Waals surface area contributed by atoms with E-state index < -0.39 is 18.1 Å². The molecule has 1 amide bonds. The first-order valence-corrected chi connectivity index (χ1v) is 10.3. The summed E-state index contributed by atoms with van der Waals surface area (Å²) >= 11 is 12.3. The van der Waals surface area contributed by atoms with Crippen molar-refractivity contribution >= 4 is 35.1 Å². The Balaban J connectivity index is 2.16. The summed E-state index contributed by atoms with van der Waals surface area (Å²) in [7, 11) is 0. The summed E-state index contributed by atoms with van der Waals surface area (Å²) in [6.45, 7) is 4.02. The van der Waals surface area contributed by atoms with E-state index in [-0.39, 0.29) is 24.4 Å². The standard InChI is InChI=1S/C22H24Cl2N2O3/c1-13(2)25-20(14-6-8-16(23)9-7-14)21(15-4-3-5-17(24)12-15)26-18(22(28)29)10-11-19(26)27/h3-9,12-13,18,20-21,25H,10-11H2,1-2H3,(H,28,29)/t18?,20-,21+/m1/s1. The Morgan fingerprint density at radius 2 is 1.79 bits per heavy atom. The number of carbonyl (C=O) groups excluding carboxylic acids is 1. The average molecular weight is 435 g/mol. The molecule has 1 aliphatic rings. The fraction of sp³-hybridized carbons (Fsp3) is 0.364. The number of amides is 1. The minimum atomic E-state index is -0.998. The molecule has 0 aliphatic carbocycles. The zero-order chi connectivity index (χ0) is 21.1. The molecule has 2 aromatic rings. The van der Waals surface area contributed by atoms with Crippen molar-refractivity contribution < 1.29 is 14.7 Å². The third-order valence-corrected chi connectivity index (χ3v) is 5.58. The first-order valence-electron chi connectivity index (χ1n) is 9.59. The van der Waals surface area contributed by atoms with Gasteiger partial charge in [-0.25, -0.2) is 4.79 Å². The largest absolute Gasteiger partial charge is 0.480 e. The van der Waals surface area contributed by atoms with Gasteiger partial charge in [0.1, 0.15) is 6.04 Å². The normalized spacial score (nSPS) is 18.9. The van der Waals surface area contributed by atoms with Crippen LogP contribution < -0.4 is 5.32 Å². The lowest BCUT2D eigenvalue weighted by atomic mass is 9.90. The number of carbonyl (C=O) groups is 2. The maximum absolute atomic E-state index is 12.8. The lowest BCUT2D eigenvalue weighted by Gasteiger charge is -2.39. The van der Waals surface area contributed by atoms with Crippen LogP contribution in [0.3, 0.4) is 0 Å². The second kappa shape index (κ2) is 9.16. The molecule has 1 unspecified atom stereocenters. The van der Waals surface area contributed by atoms with E-state index in [1.54, 1.807) is 24.3 Å². The lowest BCUT2D eigenvalue weighted by Crippen LogP contribution is -2.47. The second-order valence-corrected chi connectivity index (χ2v) is 8.42. The first-order chi connectivity index (χ1) is 13.8. The number of nitrogens with zero attached hydrogens (tertiary/aromatic N) is 1. The van der Waals surface area contributed by atoms with E-state index in [0.29, 0.717) is 16.5 Å². The number of aliphatic carboxylic acids is 1. The molecule has 0 aromatic heterocycles. The summed E-state index contributed by atoms with van der Waals surface area (Å²) in [5.41, 5.74) is 1.70. The van der Waals surface area contributed by atoms with Crippen molar-refractivity contribution in [2.75, 3.05) is 0 Å². The third-order valence-electron chi connectivity index (χ3n) is 5.09. The van der Waals surface area contributed by atoms with Crippen LogP contribution in [-0.4, -0.2) is 34.0 Å². The number of halogens is 2. The van der Waals surface area contributed by atoms with Gasteiger partial charge in [-0.05, 0) is 41.8 Å². The highest BCUT2D eigenvalue weighted by Crippen LogP contribution is 2.40. The fourth-order valence-corrected chi connectivity index (χ4v) is 4.22. The van der Waals surface area contributed by atoms with Crippen LogP contribution in [0.2, 0.25) is 10.0 Å². The van der Waals surface area contributed by atoms with E-state index in [1.807, 2.05) is 38.1 Å². The van der Waals surface area contributed by atoms with E-state index in [2.05, 4.69) is 5.32 Å². The monoisotopic (exact) mass is 434 g/mol. The predicted octanol–water partition coefficient (Wildman–Crippen LogP) is 4.85. The van der Waals surface area contributed by atoms with Crippen molar-refractivity contribution in [1.29, 1.82) is 0 Å². The molecule has 2 aromatic carbocycles. The molecule has 1 saturated heterocycles. The van der Waals surface area contributed by atoms with Gasteiger partial charge in [-0.15, -0.1) is 0 Å². The molecular formula is C22H24Cl2N2O3. The number of likely N-dealkylation sites (tertiary alicyclic amines) is 1. The molecule has 3 rings (SSSR count).